The summed E-state index contributed by atoms with van der Waals surface area (Å²) >= 11 is 0. The van der Waals surface area contributed by atoms with E-state index in [-0.39, 0.29) is 13.0 Å². The van der Waals surface area contributed by atoms with Crippen molar-refractivity contribution in [3.05, 3.63) is 0 Å². The summed E-state index contributed by atoms with van der Waals surface area (Å²) in [5.41, 5.74) is -0.609. The largest absolute Gasteiger partial charge is 0.469 e. The Morgan fingerprint density at radius 1 is 1.33 bits per heavy atom. The van der Waals surface area contributed by atoms with Crippen LogP contribution in [0.2, 0.25) is 0 Å². The predicted octanol–water partition coefficient (Wildman–Crippen LogP) is 1.75. The normalized spacial score (nSPS) is 24.6. The molecule has 0 aromatic carbocycles. The van der Waals surface area contributed by atoms with Crippen molar-refractivity contribution in [2.24, 2.45) is 5.92 Å². The third kappa shape index (κ3) is 3.85. The highest BCUT2D eigenvalue weighted by Gasteiger charge is 2.37. The minimum Gasteiger partial charge on any atom is -0.469 e. The van der Waals surface area contributed by atoms with Gasteiger partial charge >= 0.3 is 12.1 Å². The number of rotatable bonds is 1. The molecule has 1 fully saturated rings. The minimum atomic E-state index is -1.40. The maximum atomic E-state index is 13.8. The summed E-state index contributed by atoms with van der Waals surface area (Å²) in [5, 5.41) is 0. The standard InChI is InChI=1S/C12H20FNO4/c1-12(2,3)18-11(16)14-6-5-8(9(13)7-14)10(15)17-4/h8-9H,5-7H2,1-4H3/t8-,9+/m1/s1. The summed E-state index contributed by atoms with van der Waals surface area (Å²) in [4.78, 5) is 24.3. The lowest BCUT2D eigenvalue weighted by Crippen LogP contribution is -2.48. The van der Waals surface area contributed by atoms with Crippen molar-refractivity contribution >= 4 is 12.1 Å². The number of alkyl halides is 1. The zero-order valence-electron chi connectivity index (χ0n) is 11.2. The van der Waals surface area contributed by atoms with E-state index in [0.717, 1.165) is 0 Å². The maximum Gasteiger partial charge on any atom is 0.410 e. The molecule has 6 heteroatoms. The van der Waals surface area contributed by atoms with E-state index in [9.17, 15) is 14.0 Å². The number of methoxy groups -OCH3 is 1. The number of amides is 1. The smallest absolute Gasteiger partial charge is 0.410 e. The molecule has 0 radical (unpaired) electrons. The van der Waals surface area contributed by atoms with E-state index >= 15 is 0 Å². The number of hydrogen-bond donors (Lipinski definition) is 0. The third-order valence-corrected chi connectivity index (χ3v) is 2.70. The molecule has 0 bridgehead atoms. The number of likely N-dealkylation sites (tertiary alicyclic amines) is 1. The van der Waals surface area contributed by atoms with Crippen molar-refractivity contribution in [2.45, 2.75) is 39.0 Å². The van der Waals surface area contributed by atoms with Gasteiger partial charge in [-0.1, -0.05) is 0 Å². The predicted molar refractivity (Wildman–Crippen MR) is 62.8 cm³/mol. The average molecular weight is 261 g/mol. The summed E-state index contributed by atoms with van der Waals surface area (Å²) in [6.45, 7) is 5.42. The summed E-state index contributed by atoms with van der Waals surface area (Å²) in [6, 6.07) is 0. The first kappa shape index (κ1) is 14.7. The Morgan fingerprint density at radius 2 is 1.94 bits per heavy atom. The van der Waals surface area contributed by atoms with Crippen LogP contribution in [-0.4, -0.2) is 48.9 Å². The molecule has 5 nitrogen and oxygen atoms in total. The fourth-order valence-electron chi connectivity index (χ4n) is 1.81. The zero-order valence-corrected chi connectivity index (χ0v) is 11.2. The van der Waals surface area contributed by atoms with Gasteiger partial charge in [0, 0.05) is 6.54 Å². The molecule has 0 aromatic heterocycles. The first-order chi connectivity index (χ1) is 8.24. The zero-order chi connectivity index (χ0) is 13.9. The lowest BCUT2D eigenvalue weighted by atomic mass is 9.95. The third-order valence-electron chi connectivity index (χ3n) is 2.70. The van der Waals surface area contributed by atoms with Crippen molar-refractivity contribution in [1.29, 1.82) is 0 Å². The number of halogens is 1. The van der Waals surface area contributed by atoms with Crippen LogP contribution in [0.3, 0.4) is 0 Å². The number of carbonyl (C=O) groups excluding carboxylic acids is 2. The van der Waals surface area contributed by atoms with Crippen molar-refractivity contribution < 1.29 is 23.5 Å². The van der Waals surface area contributed by atoms with Crippen LogP contribution in [0.4, 0.5) is 9.18 Å². The fourth-order valence-corrected chi connectivity index (χ4v) is 1.81. The van der Waals surface area contributed by atoms with E-state index in [1.807, 2.05) is 0 Å². The first-order valence-corrected chi connectivity index (χ1v) is 5.94. The van der Waals surface area contributed by atoms with Gasteiger partial charge in [-0.25, -0.2) is 9.18 Å². The Morgan fingerprint density at radius 3 is 2.39 bits per heavy atom. The number of hydrogen-bond acceptors (Lipinski definition) is 4. The lowest BCUT2D eigenvalue weighted by molar-refractivity contribution is -0.150. The van der Waals surface area contributed by atoms with E-state index in [2.05, 4.69) is 4.74 Å². The minimum absolute atomic E-state index is 0.130. The van der Waals surface area contributed by atoms with Crippen LogP contribution in [0.25, 0.3) is 0 Å². The van der Waals surface area contributed by atoms with Crippen LogP contribution in [0.1, 0.15) is 27.2 Å². The lowest BCUT2D eigenvalue weighted by Gasteiger charge is -2.34. The van der Waals surface area contributed by atoms with Crippen LogP contribution in [0.15, 0.2) is 0 Å². The van der Waals surface area contributed by atoms with Crippen molar-refractivity contribution in [3.63, 3.8) is 0 Å². The second-order valence-electron chi connectivity index (χ2n) is 5.36. The Bertz CT molecular complexity index is 327. The molecule has 1 aliphatic heterocycles. The van der Waals surface area contributed by atoms with Crippen LogP contribution < -0.4 is 0 Å². The molecule has 0 aliphatic carbocycles. The van der Waals surface area contributed by atoms with E-state index in [4.69, 9.17) is 4.74 Å². The average Bonchev–Trinajstić information content (AvgIpc) is 2.25. The molecule has 1 amide bonds. The molecule has 2 atom stereocenters. The Labute approximate surface area is 106 Å². The number of nitrogens with zero attached hydrogens (tertiary/aromatic N) is 1. The molecule has 0 N–H and O–H groups in total. The van der Waals surface area contributed by atoms with E-state index in [1.54, 1.807) is 20.8 Å². The van der Waals surface area contributed by atoms with Crippen molar-refractivity contribution in [2.75, 3.05) is 20.2 Å². The molecular weight excluding hydrogens is 241 g/mol. The number of piperidine rings is 1. The van der Waals surface area contributed by atoms with E-state index in [0.29, 0.717) is 6.54 Å². The van der Waals surface area contributed by atoms with Gasteiger partial charge in [0.2, 0.25) is 0 Å². The quantitative estimate of drug-likeness (QED) is 0.675. The maximum absolute atomic E-state index is 13.8. The van der Waals surface area contributed by atoms with E-state index < -0.39 is 29.8 Å². The molecule has 0 aromatic rings. The molecule has 18 heavy (non-hydrogen) atoms. The molecule has 1 rings (SSSR count). The number of esters is 1. The van der Waals surface area contributed by atoms with Crippen molar-refractivity contribution in [1.82, 2.24) is 4.90 Å². The van der Waals surface area contributed by atoms with Crippen molar-refractivity contribution in [3.8, 4) is 0 Å². The Kier molecular flexibility index (Phi) is 4.53. The van der Waals surface area contributed by atoms with Gasteiger partial charge in [0.05, 0.1) is 19.6 Å². The van der Waals surface area contributed by atoms with Gasteiger partial charge in [-0.15, -0.1) is 0 Å². The second kappa shape index (κ2) is 5.54. The summed E-state index contributed by atoms with van der Waals surface area (Å²) in [5.74, 6) is -1.35. The van der Waals surface area contributed by atoms with Gasteiger partial charge in [-0.3, -0.25) is 4.79 Å². The first-order valence-electron chi connectivity index (χ1n) is 5.94. The summed E-state index contributed by atoms with van der Waals surface area (Å²) < 4.78 is 23.5. The van der Waals surface area contributed by atoms with E-state index in [1.165, 1.54) is 12.0 Å². The second-order valence-corrected chi connectivity index (χ2v) is 5.36. The SMILES string of the molecule is COC(=O)[C@@H]1CCN(C(=O)OC(C)(C)C)C[C@@H]1F. The highest BCUT2D eigenvalue weighted by Crippen LogP contribution is 2.23. The topological polar surface area (TPSA) is 55.8 Å². The monoisotopic (exact) mass is 261 g/mol. The van der Waals surface area contributed by atoms with Gasteiger partial charge in [0.25, 0.3) is 0 Å². The van der Waals surface area contributed by atoms with Gasteiger partial charge in [-0.2, -0.15) is 0 Å². The highest BCUT2D eigenvalue weighted by molar-refractivity contribution is 5.74. The summed E-state index contributed by atoms with van der Waals surface area (Å²) in [6.07, 6.45) is -1.69. The van der Waals surface area contributed by atoms with Gasteiger partial charge in [0.15, 0.2) is 0 Å². The molecule has 0 saturated carbocycles. The molecule has 1 heterocycles. The molecule has 0 spiro atoms. The Hall–Kier alpha value is -1.33. The molecular formula is C12H20FNO4. The van der Waals surface area contributed by atoms with Gasteiger partial charge < -0.3 is 14.4 Å². The van der Waals surface area contributed by atoms with Crippen LogP contribution in [0, 0.1) is 5.92 Å². The highest BCUT2D eigenvalue weighted by atomic mass is 19.1. The molecule has 1 saturated heterocycles. The van der Waals surface area contributed by atoms with Crippen LogP contribution in [0.5, 0.6) is 0 Å². The number of ether oxygens (including phenoxy) is 2. The fraction of sp³-hybridized carbons (Fsp3) is 0.833. The number of carbonyl (C=O) groups is 2. The van der Waals surface area contributed by atoms with Gasteiger partial charge in [-0.05, 0) is 27.2 Å². The van der Waals surface area contributed by atoms with Crippen LogP contribution >= 0.6 is 0 Å². The van der Waals surface area contributed by atoms with Crippen LogP contribution in [-0.2, 0) is 14.3 Å². The Balaban J connectivity index is 2.55. The molecule has 104 valence electrons. The summed E-state index contributed by atoms with van der Waals surface area (Å²) in [7, 11) is 1.23. The molecule has 1 aliphatic rings. The van der Waals surface area contributed by atoms with Gasteiger partial charge in [0.1, 0.15) is 11.8 Å². The molecule has 0 unspecified atom stereocenters.